The van der Waals surface area contributed by atoms with Crippen LogP contribution in [0.5, 0.6) is 11.6 Å². The zero-order valence-corrected chi connectivity index (χ0v) is 8.82. The minimum atomic E-state index is -1.46. The molecule has 0 N–H and O–H groups in total. The smallest absolute Gasteiger partial charge is 0.258 e. The topological polar surface area (TPSA) is 45.9 Å². The first-order valence-electron chi connectivity index (χ1n) is 4.79. The van der Waals surface area contributed by atoms with Gasteiger partial charge in [0.2, 0.25) is 0 Å². The van der Waals surface area contributed by atoms with E-state index in [4.69, 9.17) is 10.00 Å². The Balaban J connectivity index is 2.34. The lowest BCUT2D eigenvalue weighted by molar-refractivity contribution is 0.387. The van der Waals surface area contributed by atoms with Crippen LogP contribution in [0.2, 0.25) is 0 Å². The second kappa shape index (κ2) is 4.75. The maximum atomic E-state index is 13.2. The highest BCUT2D eigenvalue weighted by Gasteiger charge is 2.13. The number of pyridine rings is 1. The van der Waals surface area contributed by atoms with E-state index in [2.05, 4.69) is 4.98 Å². The molecule has 1 aromatic carbocycles. The van der Waals surface area contributed by atoms with Gasteiger partial charge < -0.3 is 4.74 Å². The van der Waals surface area contributed by atoms with Gasteiger partial charge in [0.15, 0.2) is 11.6 Å². The summed E-state index contributed by atoms with van der Waals surface area (Å²) in [5, 5.41) is 8.66. The molecule has 1 aromatic heterocycles. The van der Waals surface area contributed by atoms with Gasteiger partial charge in [-0.3, -0.25) is 0 Å². The molecule has 2 rings (SSSR count). The number of benzene rings is 1. The van der Waals surface area contributed by atoms with Crippen LogP contribution in [-0.4, -0.2) is 4.98 Å². The number of halogens is 3. The Hall–Kier alpha value is -2.55. The molecule has 0 saturated carbocycles. The van der Waals surface area contributed by atoms with Crippen molar-refractivity contribution < 1.29 is 17.9 Å². The molecule has 2 aromatic rings. The van der Waals surface area contributed by atoms with Gasteiger partial charge in [-0.2, -0.15) is 14.6 Å². The molecule has 0 amide bonds. The van der Waals surface area contributed by atoms with E-state index in [9.17, 15) is 13.2 Å². The standard InChI is InChI=1S/C12H5F3N2O/c13-9-5-10(14)12(17-11(9)15)18-8-3-1-2-7(4-8)6-16/h1-5H. The molecule has 90 valence electrons. The van der Waals surface area contributed by atoms with Crippen molar-refractivity contribution in [3.8, 4) is 17.7 Å². The third-order valence-corrected chi connectivity index (χ3v) is 2.03. The first-order chi connectivity index (χ1) is 8.60. The molecule has 0 bridgehead atoms. The summed E-state index contributed by atoms with van der Waals surface area (Å²) in [6, 6.07) is 7.98. The van der Waals surface area contributed by atoms with Gasteiger partial charge in [-0.05, 0) is 18.2 Å². The van der Waals surface area contributed by atoms with E-state index in [1.807, 2.05) is 6.07 Å². The largest absolute Gasteiger partial charge is 0.436 e. The van der Waals surface area contributed by atoms with Crippen molar-refractivity contribution in [3.63, 3.8) is 0 Å². The van der Waals surface area contributed by atoms with Gasteiger partial charge in [-0.1, -0.05) is 6.07 Å². The Bertz CT molecular complexity index is 638. The van der Waals surface area contributed by atoms with Crippen LogP contribution in [0.4, 0.5) is 13.2 Å². The molecule has 0 aliphatic carbocycles. The van der Waals surface area contributed by atoms with Gasteiger partial charge in [-0.25, -0.2) is 8.78 Å². The number of rotatable bonds is 2. The summed E-state index contributed by atoms with van der Waals surface area (Å²) in [5.74, 6) is -4.57. The molecule has 0 aliphatic rings. The second-order valence-electron chi connectivity index (χ2n) is 3.29. The van der Waals surface area contributed by atoms with Crippen LogP contribution in [0.3, 0.4) is 0 Å². The number of hydrogen-bond acceptors (Lipinski definition) is 3. The van der Waals surface area contributed by atoms with E-state index in [1.54, 1.807) is 0 Å². The SMILES string of the molecule is N#Cc1cccc(Oc2nc(F)c(F)cc2F)c1. The lowest BCUT2D eigenvalue weighted by atomic mass is 10.2. The summed E-state index contributed by atoms with van der Waals surface area (Å²) in [6.07, 6.45) is 0. The van der Waals surface area contributed by atoms with Gasteiger partial charge in [0.05, 0.1) is 11.6 Å². The highest BCUT2D eigenvalue weighted by Crippen LogP contribution is 2.24. The minimum absolute atomic E-state index is 0.103. The quantitative estimate of drug-likeness (QED) is 0.769. The van der Waals surface area contributed by atoms with Crippen LogP contribution in [0.15, 0.2) is 30.3 Å². The maximum absolute atomic E-state index is 13.2. The molecule has 1 heterocycles. The number of aromatic nitrogens is 1. The Morgan fingerprint density at radius 3 is 2.61 bits per heavy atom. The van der Waals surface area contributed by atoms with Gasteiger partial charge >= 0.3 is 0 Å². The molecule has 6 heteroatoms. The molecule has 0 aliphatic heterocycles. The fraction of sp³-hybridized carbons (Fsp3) is 0. The van der Waals surface area contributed by atoms with Crippen LogP contribution in [0, 0.1) is 28.9 Å². The second-order valence-corrected chi connectivity index (χ2v) is 3.29. The fourth-order valence-electron chi connectivity index (χ4n) is 1.24. The first kappa shape index (κ1) is 11.9. The van der Waals surface area contributed by atoms with E-state index >= 15 is 0 Å². The predicted octanol–water partition coefficient (Wildman–Crippen LogP) is 3.16. The fourth-order valence-corrected chi connectivity index (χ4v) is 1.24. The van der Waals surface area contributed by atoms with Gasteiger partial charge in [0.1, 0.15) is 5.75 Å². The molecule has 18 heavy (non-hydrogen) atoms. The van der Waals surface area contributed by atoms with Gasteiger partial charge in [0.25, 0.3) is 11.8 Å². The predicted molar refractivity (Wildman–Crippen MR) is 55.3 cm³/mol. The summed E-state index contributed by atoms with van der Waals surface area (Å²) in [5.41, 5.74) is 0.287. The monoisotopic (exact) mass is 250 g/mol. The Morgan fingerprint density at radius 2 is 1.89 bits per heavy atom. The Kier molecular flexibility index (Phi) is 3.15. The lowest BCUT2D eigenvalue weighted by Crippen LogP contribution is -1.98. The molecule has 0 spiro atoms. The van der Waals surface area contributed by atoms with Crippen molar-refractivity contribution in [1.29, 1.82) is 5.26 Å². The molecule has 0 unspecified atom stereocenters. The van der Waals surface area contributed by atoms with Crippen LogP contribution >= 0.6 is 0 Å². The summed E-state index contributed by atoms with van der Waals surface area (Å²) >= 11 is 0. The number of ether oxygens (including phenoxy) is 1. The van der Waals surface area contributed by atoms with Crippen LogP contribution in [0.1, 0.15) is 5.56 Å². The summed E-state index contributed by atoms with van der Waals surface area (Å²) in [7, 11) is 0. The number of nitriles is 1. The molecule has 3 nitrogen and oxygen atoms in total. The highest BCUT2D eigenvalue weighted by molar-refractivity contribution is 5.37. The summed E-state index contributed by atoms with van der Waals surface area (Å²) < 4.78 is 43.6. The average Bonchev–Trinajstić information content (AvgIpc) is 2.36. The lowest BCUT2D eigenvalue weighted by Gasteiger charge is -2.06. The normalized spacial score (nSPS) is 9.89. The van der Waals surface area contributed by atoms with E-state index in [0.29, 0.717) is 6.07 Å². The third kappa shape index (κ3) is 2.40. The van der Waals surface area contributed by atoms with Gasteiger partial charge in [-0.15, -0.1) is 0 Å². The van der Waals surface area contributed by atoms with Crippen molar-refractivity contribution in [3.05, 3.63) is 53.5 Å². The zero-order chi connectivity index (χ0) is 13.1. The van der Waals surface area contributed by atoms with Crippen LogP contribution < -0.4 is 4.74 Å². The van der Waals surface area contributed by atoms with Crippen molar-refractivity contribution in [2.24, 2.45) is 0 Å². The Morgan fingerprint density at radius 1 is 1.11 bits per heavy atom. The first-order valence-corrected chi connectivity index (χ1v) is 4.79. The number of hydrogen-bond donors (Lipinski definition) is 0. The number of nitrogens with zero attached hydrogens (tertiary/aromatic N) is 2. The van der Waals surface area contributed by atoms with E-state index in [-0.39, 0.29) is 11.3 Å². The molecule has 0 fully saturated rings. The maximum Gasteiger partial charge on any atom is 0.258 e. The zero-order valence-electron chi connectivity index (χ0n) is 8.82. The van der Waals surface area contributed by atoms with Crippen molar-refractivity contribution in [2.45, 2.75) is 0 Å². The van der Waals surface area contributed by atoms with Crippen molar-refractivity contribution in [1.82, 2.24) is 4.98 Å². The molecule has 0 saturated heterocycles. The van der Waals surface area contributed by atoms with Crippen molar-refractivity contribution >= 4 is 0 Å². The summed E-state index contributed by atoms with van der Waals surface area (Å²) in [4.78, 5) is 3.00. The Labute approximate surface area is 100 Å². The van der Waals surface area contributed by atoms with Crippen LogP contribution in [0.25, 0.3) is 0 Å². The molecular formula is C12H5F3N2O. The van der Waals surface area contributed by atoms with Gasteiger partial charge in [0, 0.05) is 6.07 Å². The molecule has 0 atom stereocenters. The third-order valence-electron chi connectivity index (χ3n) is 2.03. The minimum Gasteiger partial charge on any atom is -0.436 e. The van der Waals surface area contributed by atoms with E-state index in [1.165, 1.54) is 24.3 Å². The van der Waals surface area contributed by atoms with Crippen LogP contribution in [-0.2, 0) is 0 Å². The average molecular weight is 250 g/mol. The van der Waals surface area contributed by atoms with E-state index in [0.717, 1.165) is 0 Å². The summed E-state index contributed by atoms with van der Waals surface area (Å²) in [6.45, 7) is 0. The van der Waals surface area contributed by atoms with Crippen molar-refractivity contribution in [2.75, 3.05) is 0 Å². The highest BCUT2D eigenvalue weighted by atomic mass is 19.2. The van der Waals surface area contributed by atoms with E-state index < -0.39 is 23.5 Å². The molecule has 0 radical (unpaired) electrons. The molecular weight excluding hydrogens is 245 g/mol.